The summed E-state index contributed by atoms with van der Waals surface area (Å²) < 4.78 is 10.2. The van der Waals surface area contributed by atoms with Crippen molar-refractivity contribution in [1.29, 1.82) is 0 Å². The average molecular weight is 190 g/mol. The van der Waals surface area contributed by atoms with Gasteiger partial charge in [-0.1, -0.05) is 5.16 Å². The molecule has 0 aromatic carbocycles. The minimum atomic E-state index is 0.533. The van der Waals surface area contributed by atoms with Crippen LogP contribution >= 0.6 is 0 Å². The average Bonchev–Trinajstić information content (AvgIpc) is 2.75. The summed E-state index contributed by atoms with van der Waals surface area (Å²) in [7, 11) is 0. The maximum atomic E-state index is 5.64. The van der Waals surface area contributed by atoms with E-state index in [0.29, 0.717) is 11.4 Å². The highest BCUT2D eigenvalue weighted by molar-refractivity contribution is 5.80. The molecule has 4 nitrogen and oxygen atoms in total. The van der Waals surface area contributed by atoms with Crippen LogP contribution in [-0.4, -0.2) is 5.16 Å². The molecule has 2 aromatic rings. The lowest BCUT2D eigenvalue weighted by atomic mass is 10.2. The van der Waals surface area contributed by atoms with Crippen LogP contribution in [0.25, 0.3) is 11.6 Å². The van der Waals surface area contributed by atoms with Crippen LogP contribution in [0.4, 0.5) is 5.69 Å². The number of aromatic nitrogens is 1. The summed E-state index contributed by atoms with van der Waals surface area (Å²) in [6, 6.07) is 3.68. The van der Waals surface area contributed by atoms with Crippen LogP contribution < -0.4 is 5.73 Å². The molecule has 2 N–H and O–H groups in total. The zero-order valence-electron chi connectivity index (χ0n) is 7.73. The van der Waals surface area contributed by atoms with E-state index < -0.39 is 0 Å². The molecule has 0 aliphatic carbocycles. The van der Waals surface area contributed by atoms with Gasteiger partial charge in [0.05, 0.1) is 18.1 Å². The lowest BCUT2D eigenvalue weighted by molar-refractivity contribution is 0.410. The second-order valence-corrected chi connectivity index (χ2v) is 2.95. The molecule has 0 fully saturated rings. The molecule has 0 unspecified atom stereocenters. The Labute approximate surface area is 81.0 Å². The van der Waals surface area contributed by atoms with Gasteiger partial charge in [0.1, 0.15) is 5.76 Å². The molecule has 0 spiro atoms. The SMILES string of the molecule is C/C(=C/c1ccco1)c1oncc1N. The monoisotopic (exact) mass is 190 g/mol. The van der Waals surface area contributed by atoms with Crippen molar-refractivity contribution >= 4 is 17.3 Å². The summed E-state index contributed by atoms with van der Waals surface area (Å²) >= 11 is 0. The number of nitrogen functional groups attached to an aromatic ring is 1. The van der Waals surface area contributed by atoms with E-state index in [1.54, 1.807) is 6.26 Å². The first-order valence-corrected chi connectivity index (χ1v) is 4.19. The van der Waals surface area contributed by atoms with Gasteiger partial charge in [0.15, 0.2) is 5.76 Å². The quantitative estimate of drug-likeness (QED) is 0.789. The minimum Gasteiger partial charge on any atom is -0.465 e. The van der Waals surface area contributed by atoms with E-state index >= 15 is 0 Å². The number of hydrogen-bond acceptors (Lipinski definition) is 4. The summed E-state index contributed by atoms with van der Waals surface area (Å²) in [5.41, 5.74) is 7.06. The van der Waals surface area contributed by atoms with E-state index in [-0.39, 0.29) is 0 Å². The van der Waals surface area contributed by atoms with Crippen molar-refractivity contribution in [2.24, 2.45) is 0 Å². The summed E-state index contributed by atoms with van der Waals surface area (Å²) in [4.78, 5) is 0. The van der Waals surface area contributed by atoms with Gasteiger partial charge in [-0.25, -0.2) is 0 Å². The van der Waals surface area contributed by atoms with Crippen molar-refractivity contribution in [1.82, 2.24) is 5.16 Å². The van der Waals surface area contributed by atoms with Gasteiger partial charge in [-0.2, -0.15) is 0 Å². The second-order valence-electron chi connectivity index (χ2n) is 2.95. The van der Waals surface area contributed by atoms with Gasteiger partial charge in [-0.3, -0.25) is 0 Å². The van der Waals surface area contributed by atoms with E-state index in [0.717, 1.165) is 11.3 Å². The standard InChI is InChI=1S/C10H10N2O2/c1-7(5-8-3-2-4-13-8)10-9(11)6-12-14-10/h2-6H,11H2,1H3/b7-5-. The van der Waals surface area contributed by atoms with Crippen LogP contribution in [-0.2, 0) is 0 Å². The summed E-state index contributed by atoms with van der Waals surface area (Å²) in [6.07, 6.45) is 4.94. The van der Waals surface area contributed by atoms with Crippen molar-refractivity contribution < 1.29 is 8.94 Å². The fourth-order valence-electron chi connectivity index (χ4n) is 1.20. The van der Waals surface area contributed by atoms with Gasteiger partial charge in [0.25, 0.3) is 0 Å². The Morgan fingerprint density at radius 2 is 2.43 bits per heavy atom. The fourth-order valence-corrected chi connectivity index (χ4v) is 1.20. The molecule has 0 atom stereocenters. The molecule has 14 heavy (non-hydrogen) atoms. The Balaban J connectivity index is 2.33. The molecule has 0 bridgehead atoms. The maximum Gasteiger partial charge on any atom is 0.185 e. The Hall–Kier alpha value is -1.97. The number of hydrogen-bond donors (Lipinski definition) is 1. The lowest BCUT2D eigenvalue weighted by Crippen LogP contribution is -1.85. The number of anilines is 1. The third-order valence-corrected chi connectivity index (χ3v) is 1.86. The van der Waals surface area contributed by atoms with Crippen LogP contribution in [0.2, 0.25) is 0 Å². The molecule has 0 amide bonds. The number of rotatable bonds is 2. The molecule has 2 aromatic heterocycles. The molecule has 2 heterocycles. The Morgan fingerprint density at radius 3 is 3.00 bits per heavy atom. The van der Waals surface area contributed by atoms with Gasteiger partial charge < -0.3 is 14.7 Å². The van der Waals surface area contributed by atoms with Gasteiger partial charge in [0, 0.05) is 5.57 Å². The third-order valence-electron chi connectivity index (χ3n) is 1.86. The molecular formula is C10H10N2O2. The molecular weight excluding hydrogens is 180 g/mol. The Morgan fingerprint density at radius 1 is 1.57 bits per heavy atom. The first kappa shape index (κ1) is 8.62. The Bertz CT molecular complexity index is 440. The maximum absolute atomic E-state index is 5.64. The number of nitrogens with zero attached hydrogens (tertiary/aromatic N) is 1. The van der Waals surface area contributed by atoms with Gasteiger partial charge >= 0.3 is 0 Å². The normalized spacial score (nSPS) is 11.9. The molecule has 72 valence electrons. The van der Waals surface area contributed by atoms with Crippen molar-refractivity contribution in [2.75, 3.05) is 5.73 Å². The number of allylic oxidation sites excluding steroid dienone is 1. The van der Waals surface area contributed by atoms with Gasteiger partial charge in [0.2, 0.25) is 0 Å². The first-order chi connectivity index (χ1) is 6.77. The van der Waals surface area contributed by atoms with Crippen LogP contribution in [0.15, 0.2) is 33.5 Å². The van der Waals surface area contributed by atoms with Crippen molar-refractivity contribution in [3.8, 4) is 0 Å². The van der Waals surface area contributed by atoms with Crippen LogP contribution in [0.1, 0.15) is 18.4 Å². The largest absolute Gasteiger partial charge is 0.465 e. The van der Waals surface area contributed by atoms with E-state index in [9.17, 15) is 0 Å². The minimum absolute atomic E-state index is 0.533. The van der Waals surface area contributed by atoms with Crippen LogP contribution in [0.3, 0.4) is 0 Å². The van der Waals surface area contributed by atoms with Crippen LogP contribution in [0.5, 0.6) is 0 Å². The molecule has 0 aliphatic heterocycles. The number of nitrogens with two attached hydrogens (primary N) is 1. The van der Waals surface area contributed by atoms with E-state index in [1.807, 2.05) is 25.1 Å². The smallest absolute Gasteiger partial charge is 0.185 e. The lowest BCUT2D eigenvalue weighted by Gasteiger charge is -1.94. The zero-order chi connectivity index (χ0) is 9.97. The van der Waals surface area contributed by atoms with Crippen molar-refractivity contribution in [2.45, 2.75) is 6.92 Å². The fraction of sp³-hybridized carbons (Fsp3) is 0.100. The highest BCUT2D eigenvalue weighted by Crippen LogP contribution is 2.22. The molecule has 0 aliphatic rings. The molecule has 2 rings (SSSR count). The summed E-state index contributed by atoms with van der Waals surface area (Å²) in [5.74, 6) is 1.35. The highest BCUT2D eigenvalue weighted by atomic mass is 16.5. The van der Waals surface area contributed by atoms with Crippen LogP contribution in [0, 0.1) is 0 Å². The first-order valence-electron chi connectivity index (χ1n) is 4.19. The molecule has 0 saturated heterocycles. The van der Waals surface area contributed by atoms with Crippen molar-refractivity contribution in [3.05, 3.63) is 36.1 Å². The highest BCUT2D eigenvalue weighted by Gasteiger charge is 2.06. The topological polar surface area (TPSA) is 65.2 Å². The second kappa shape index (κ2) is 3.41. The molecule has 4 heteroatoms. The summed E-state index contributed by atoms with van der Waals surface area (Å²) in [5, 5.41) is 3.60. The van der Waals surface area contributed by atoms with E-state index in [4.69, 9.17) is 14.7 Å². The van der Waals surface area contributed by atoms with Crippen molar-refractivity contribution in [3.63, 3.8) is 0 Å². The van der Waals surface area contributed by atoms with Gasteiger partial charge in [-0.05, 0) is 25.1 Å². The van der Waals surface area contributed by atoms with Gasteiger partial charge in [-0.15, -0.1) is 0 Å². The number of furan rings is 1. The predicted octanol–water partition coefficient (Wildman–Crippen LogP) is 2.41. The Kier molecular flexibility index (Phi) is 2.10. The zero-order valence-corrected chi connectivity index (χ0v) is 7.73. The molecule has 0 saturated carbocycles. The van der Waals surface area contributed by atoms with E-state index in [1.165, 1.54) is 6.20 Å². The predicted molar refractivity (Wildman–Crippen MR) is 53.2 cm³/mol. The molecule has 0 radical (unpaired) electrons. The third kappa shape index (κ3) is 1.54. The summed E-state index contributed by atoms with van der Waals surface area (Å²) in [6.45, 7) is 1.89. The van der Waals surface area contributed by atoms with E-state index in [2.05, 4.69) is 5.16 Å².